The highest BCUT2D eigenvalue weighted by Gasteiger charge is 2.32. The van der Waals surface area contributed by atoms with Crippen molar-refractivity contribution in [1.82, 2.24) is 0 Å². The van der Waals surface area contributed by atoms with Crippen molar-refractivity contribution in [3.8, 4) is 0 Å². The van der Waals surface area contributed by atoms with Crippen LogP contribution in [-0.4, -0.2) is 9.67 Å². The molecule has 0 heterocycles. The van der Waals surface area contributed by atoms with Crippen molar-refractivity contribution in [3.63, 3.8) is 0 Å². The van der Waals surface area contributed by atoms with Crippen LogP contribution in [0.15, 0.2) is 0 Å². The first-order valence-electron chi connectivity index (χ1n) is 1.29. The van der Waals surface area contributed by atoms with Gasteiger partial charge in [0.2, 0.25) is 0 Å². The maximum atomic E-state index is 11.4. The monoisotopic (exact) mass is 212 g/mol. The van der Waals surface area contributed by atoms with Crippen molar-refractivity contribution < 1.29 is 8.78 Å². The van der Waals surface area contributed by atoms with E-state index in [-0.39, 0.29) is 0 Å². The lowest BCUT2D eigenvalue weighted by Gasteiger charge is -2.05. The topological polar surface area (TPSA) is 0 Å². The van der Waals surface area contributed by atoms with Crippen LogP contribution in [0.3, 0.4) is 0 Å². The van der Waals surface area contributed by atoms with E-state index in [9.17, 15) is 8.78 Å². The van der Waals surface area contributed by atoms with Gasteiger partial charge in [-0.25, -0.2) is 0 Å². The van der Waals surface area contributed by atoms with E-state index >= 15 is 0 Å². The molecule has 0 rings (SSSR count). The summed E-state index contributed by atoms with van der Waals surface area (Å²) >= 11 is 11.5. The SMILES string of the molecule is FC(F)(Cl)C(Cl)Br. The van der Waals surface area contributed by atoms with Crippen LogP contribution in [0.2, 0.25) is 0 Å². The molecule has 0 aliphatic heterocycles. The van der Waals surface area contributed by atoms with Crippen LogP contribution >= 0.6 is 39.1 Å². The Hall–Kier alpha value is 0.920. The van der Waals surface area contributed by atoms with Crippen molar-refractivity contribution >= 4 is 39.1 Å². The Labute approximate surface area is 57.9 Å². The standard InChI is InChI=1S/C2HBrCl2F2/c3-1(4)2(5,6)7/h1H. The van der Waals surface area contributed by atoms with E-state index in [1.165, 1.54) is 0 Å². The molecule has 0 saturated heterocycles. The van der Waals surface area contributed by atoms with Gasteiger partial charge in [0, 0.05) is 0 Å². The summed E-state index contributed by atoms with van der Waals surface area (Å²) < 4.78 is 21.4. The maximum Gasteiger partial charge on any atom is 0.347 e. The second-order valence-electron chi connectivity index (χ2n) is 0.842. The first kappa shape index (κ1) is 7.92. The number of rotatable bonds is 1. The lowest BCUT2D eigenvalue weighted by atomic mass is 10.8. The van der Waals surface area contributed by atoms with Crippen LogP contribution in [0.4, 0.5) is 8.78 Å². The van der Waals surface area contributed by atoms with Gasteiger partial charge in [-0.3, -0.25) is 0 Å². The zero-order valence-corrected chi connectivity index (χ0v) is 6.07. The highest BCUT2D eigenvalue weighted by atomic mass is 79.9. The minimum atomic E-state index is -3.35. The predicted octanol–water partition coefficient (Wildman–Crippen LogP) is 2.78. The molecule has 0 aliphatic carbocycles. The maximum absolute atomic E-state index is 11.4. The molecule has 0 fully saturated rings. The molecule has 1 unspecified atom stereocenters. The van der Waals surface area contributed by atoms with E-state index in [0.29, 0.717) is 0 Å². The van der Waals surface area contributed by atoms with Crippen LogP contribution < -0.4 is 0 Å². The van der Waals surface area contributed by atoms with Crippen molar-refractivity contribution in [3.05, 3.63) is 0 Å². The Morgan fingerprint density at radius 3 is 1.71 bits per heavy atom. The molecule has 5 heteroatoms. The molecular weight excluding hydrogens is 213 g/mol. The molecule has 0 aliphatic rings. The first-order chi connectivity index (χ1) is 2.94. The quantitative estimate of drug-likeness (QED) is 0.588. The summed E-state index contributed by atoms with van der Waals surface area (Å²) in [5.41, 5.74) is 0. The Morgan fingerprint density at radius 2 is 1.71 bits per heavy atom. The van der Waals surface area contributed by atoms with Gasteiger partial charge in [0.1, 0.15) is 0 Å². The lowest BCUT2D eigenvalue weighted by molar-refractivity contribution is 0.116. The predicted molar refractivity (Wildman–Crippen MR) is 29.4 cm³/mol. The molecule has 0 aromatic rings. The Morgan fingerprint density at radius 1 is 1.57 bits per heavy atom. The normalized spacial score (nSPS) is 16.7. The second-order valence-corrected chi connectivity index (χ2v) is 3.23. The van der Waals surface area contributed by atoms with E-state index in [2.05, 4.69) is 27.5 Å². The second kappa shape index (κ2) is 2.46. The van der Waals surface area contributed by atoms with Gasteiger partial charge in [0.15, 0.2) is 4.29 Å². The van der Waals surface area contributed by atoms with Crippen LogP contribution in [0.5, 0.6) is 0 Å². The molecular formula is C2HBrCl2F2. The average Bonchev–Trinajstić information content (AvgIpc) is 1.31. The van der Waals surface area contributed by atoms with Crippen LogP contribution in [0, 0.1) is 0 Å². The molecule has 0 saturated carbocycles. The molecule has 0 radical (unpaired) electrons. The number of hydrogen-bond donors (Lipinski definition) is 0. The molecule has 0 N–H and O–H groups in total. The summed E-state index contributed by atoms with van der Waals surface area (Å²) in [6.07, 6.45) is 0. The summed E-state index contributed by atoms with van der Waals surface area (Å²) in [7, 11) is 0. The number of hydrogen-bond acceptors (Lipinski definition) is 0. The van der Waals surface area contributed by atoms with Gasteiger partial charge in [0.05, 0.1) is 0 Å². The average molecular weight is 214 g/mol. The van der Waals surface area contributed by atoms with E-state index in [1.54, 1.807) is 0 Å². The van der Waals surface area contributed by atoms with Crippen LogP contribution in [0.25, 0.3) is 0 Å². The Bertz CT molecular complexity index is 59.2. The summed E-state index contributed by atoms with van der Waals surface area (Å²) in [5.74, 6) is 0. The first-order valence-corrected chi connectivity index (χ1v) is 3.02. The Kier molecular flexibility index (Phi) is 2.79. The van der Waals surface area contributed by atoms with Gasteiger partial charge >= 0.3 is 5.38 Å². The van der Waals surface area contributed by atoms with Crippen molar-refractivity contribution in [2.24, 2.45) is 0 Å². The van der Waals surface area contributed by atoms with E-state index in [4.69, 9.17) is 11.6 Å². The van der Waals surface area contributed by atoms with Crippen molar-refractivity contribution in [2.75, 3.05) is 0 Å². The summed E-state index contributed by atoms with van der Waals surface area (Å²) in [5, 5.41) is -3.35. The van der Waals surface area contributed by atoms with Crippen molar-refractivity contribution in [2.45, 2.75) is 9.67 Å². The van der Waals surface area contributed by atoms with Gasteiger partial charge < -0.3 is 0 Å². The number of alkyl halides is 5. The third-order valence-electron chi connectivity index (χ3n) is 0.247. The van der Waals surface area contributed by atoms with Crippen molar-refractivity contribution in [1.29, 1.82) is 0 Å². The molecule has 0 aromatic heterocycles. The molecule has 44 valence electrons. The van der Waals surface area contributed by atoms with Gasteiger partial charge in [-0.15, -0.1) is 11.6 Å². The van der Waals surface area contributed by atoms with Crippen LogP contribution in [0.1, 0.15) is 0 Å². The Balaban J connectivity index is 3.54. The van der Waals surface area contributed by atoms with Crippen LogP contribution in [-0.2, 0) is 0 Å². The smallest absolute Gasteiger partial charge is 0.185 e. The fraction of sp³-hybridized carbons (Fsp3) is 1.00. The van der Waals surface area contributed by atoms with Gasteiger partial charge in [-0.05, 0) is 11.6 Å². The zero-order chi connectivity index (χ0) is 6.08. The summed E-state index contributed by atoms with van der Waals surface area (Å²) in [6, 6.07) is 0. The molecule has 0 aromatic carbocycles. The van der Waals surface area contributed by atoms with Gasteiger partial charge in [-0.1, -0.05) is 15.9 Å². The van der Waals surface area contributed by atoms with Gasteiger partial charge in [0.25, 0.3) is 0 Å². The molecule has 0 spiro atoms. The molecule has 0 nitrogen and oxygen atoms in total. The summed E-state index contributed by atoms with van der Waals surface area (Å²) in [4.78, 5) is 0. The minimum Gasteiger partial charge on any atom is -0.185 e. The molecule has 0 bridgehead atoms. The fourth-order valence-electron chi connectivity index (χ4n) is 0. The lowest BCUT2D eigenvalue weighted by Crippen LogP contribution is -2.14. The zero-order valence-electron chi connectivity index (χ0n) is 2.97. The highest BCUT2D eigenvalue weighted by molar-refractivity contribution is 9.10. The largest absolute Gasteiger partial charge is 0.347 e. The third-order valence-corrected chi connectivity index (χ3v) is 1.69. The van der Waals surface area contributed by atoms with E-state index in [0.717, 1.165) is 0 Å². The fourth-order valence-corrected chi connectivity index (χ4v) is 0. The molecule has 0 amide bonds. The highest BCUT2D eigenvalue weighted by Crippen LogP contribution is 2.31. The minimum absolute atomic E-state index is 1.48. The summed E-state index contributed by atoms with van der Waals surface area (Å²) in [6.45, 7) is 0. The van der Waals surface area contributed by atoms with Gasteiger partial charge in [-0.2, -0.15) is 8.78 Å². The number of halogens is 5. The third kappa shape index (κ3) is 3.50. The molecule has 1 atom stereocenters. The van der Waals surface area contributed by atoms with E-state index in [1.807, 2.05) is 0 Å². The van der Waals surface area contributed by atoms with E-state index < -0.39 is 9.67 Å². The molecule has 7 heavy (non-hydrogen) atoms.